The van der Waals surface area contributed by atoms with Crippen LogP contribution >= 0.6 is 11.8 Å². The third kappa shape index (κ3) is 5.33. The first-order valence-electron chi connectivity index (χ1n) is 7.45. The van der Waals surface area contributed by atoms with Gasteiger partial charge in [0.1, 0.15) is 17.3 Å². The minimum absolute atomic E-state index is 0.0366. The number of halogens is 1. The quantitative estimate of drug-likeness (QED) is 0.283. The molecule has 0 heterocycles. The van der Waals surface area contributed by atoms with Gasteiger partial charge < -0.3 is 14.2 Å². The molecule has 0 aromatic heterocycles. The van der Waals surface area contributed by atoms with E-state index in [9.17, 15) is 14.5 Å². The van der Waals surface area contributed by atoms with Gasteiger partial charge in [-0.05, 0) is 38.1 Å². The maximum Gasteiger partial charge on any atom is 0.314 e. The van der Waals surface area contributed by atoms with Crippen molar-refractivity contribution in [2.45, 2.75) is 24.8 Å². The van der Waals surface area contributed by atoms with Gasteiger partial charge in [0.25, 0.3) is 0 Å². The first-order valence-corrected chi connectivity index (χ1v) is 8.43. The standard InChI is InChI=1S/C17H18FNO5S/c1-11(2)23-13-5-7-17(25-10-22-3)16(9-13)24-15-6-4-12(18)8-14(15)19(20)21/h4-9,11H,10H2,1-3H3. The highest BCUT2D eigenvalue weighted by Gasteiger charge is 2.19. The summed E-state index contributed by atoms with van der Waals surface area (Å²) in [6.07, 6.45) is -0.0366. The van der Waals surface area contributed by atoms with Crippen molar-refractivity contribution in [1.82, 2.24) is 0 Å². The molecule has 0 saturated heterocycles. The Kier molecular flexibility index (Phi) is 6.60. The predicted molar refractivity (Wildman–Crippen MR) is 93.1 cm³/mol. The predicted octanol–water partition coefficient (Wildman–Crippen LogP) is 5.01. The second-order valence-corrected chi connectivity index (χ2v) is 6.26. The minimum Gasteiger partial charge on any atom is -0.491 e. The van der Waals surface area contributed by atoms with Crippen LogP contribution in [0.4, 0.5) is 10.1 Å². The maximum absolute atomic E-state index is 13.3. The second kappa shape index (κ2) is 8.68. The van der Waals surface area contributed by atoms with Crippen molar-refractivity contribution in [2.75, 3.05) is 13.0 Å². The number of thioether (sulfide) groups is 1. The van der Waals surface area contributed by atoms with E-state index < -0.39 is 16.4 Å². The summed E-state index contributed by atoms with van der Waals surface area (Å²) in [5, 5.41) is 11.1. The molecule has 134 valence electrons. The van der Waals surface area contributed by atoms with E-state index in [-0.39, 0.29) is 11.9 Å². The minimum atomic E-state index is -0.704. The lowest BCUT2D eigenvalue weighted by atomic mass is 10.2. The Hall–Kier alpha value is -2.32. The molecule has 0 spiro atoms. The monoisotopic (exact) mass is 367 g/mol. The van der Waals surface area contributed by atoms with Crippen molar-refractivity contribution >= 4 is 17.4 Å². The van der Waals surface area contributed by atoms with Gasteiger partial charge in [-0.2, -0.15) is 0 Å². The highest BCUT2D eigenvalue weighted by Crippen LogP contribution is 2.39. The largest absolute Gasteiger partial charge is 0.491 e. The number of nitrogens with zero attached hydrogens (tertiary/aromatic N) is 1. The summed E-state index contributed by atoms with van der Waals surface area (Å²) in [5.41, 5.74) is -0.446. The average Bonchev–Trinajstić information content (AvgIpc) is 2.55. The second-order valence-electron chi connectivity index (χ2n) is 5.30. The number of nitro groups is 1. The van der Waals surface area contributed by atoms with Gasteiger partial charge in [0.2, 0.25) is 5.75 Å². The Morgan fingerprint density at radius 3 is 2.60 bits per heavy atom. The van der Waals surface area contributed by atoms with Crippen LogP contribution in [0.25, 0.3) is 0 Å². The zero-order valence-electron chi connectivity index (χ0n) is 14.0. The summed E-state index contributed by atoms with van der Waals surface area (Å²) in [5.74, 6) is 0.565. The molecule has 2 aromatic rings. The maximum atomic E-state index is 13.3. The average molecular weight is 367 g/mol. The number of nitro benzene ring substituents is 1. The molecule has 0 aliphatic heterocycles. The lowest BCUT2D eigenvalue weighted by molar-refractivity contribution is -0.385. The van der Waals surface area contributed by atoms with Crippen LogP contribution < -0.4 is 9.47 Å². The van der Waals surface area contributed by atoms with Gasteiger partial charge in [-0.1, -0.05) is 11.8 Å². The number of methoxy groups -OCH3 is 1. The van der Waals surface area contributed by atoms with Crippen LogP contribution in [0.15, 0.2) is 41.3 Å². The SMILES string of the molecule is COCSc1ccc(OC(C)C)cc1Oc1ccc(F)cc1[N+](=O)[O-]. The zero-order valence-corrected chi connectivity index (χ0v) is 14.8. The first-order chi connectivity index (χ1) is 11.9. The van der Waals surface area contributed by atoms with Gasteiger partial charge in [0.05, 0.1) is 27.9 Å². The zero-order chi connectivity index (χ0) is 18.4. The fourth-order valence-electron chi connectivity index (χ4n) is 1.99. The molecule has 0 bridgehead atoms. The van der Waals surface area contributed by atoms with Gasteiger partial charge in [-0.3, -0.25) is 10.1 Å². The molecule has 0 amide bonds. The van der Waals surface area contributed by atoms with E-state index >= 15 is 0 Å². The van der Waals surface area contributed by atoms with Gasteiger partial charge in [-0.15, -0.1) is 0 Å². The fourth-order valence-corrected chi connectivity index (χ4v) is 2.65. The van der Waals surface area contributed by atoms with Gasteiger partial charge in [0.15, 0.2) is 0 Å². The smallest absolute Gasteiger partial charge is 0.314 e. The molecule has 0 saturated carbocycles. The normalized spacial score (nSPS) is 10.8. The van der Waals surface area contributed by atoms with E-state index in [1.165, 1.54) is 17.8 Å². The summed E-state index contributed by atoms with van der Waals surface area (Å²) in [7, 11) is 1.56. The van der Waals surface area contributed by atoms with E-state index in [2.05, 4.69) is 0 Å². The van der Waals surface area contributed by atoms with Crippen molar-refractivity contribution in [3.63, 3.8) is 0 Å². The number of ether oxygens (including phenoxy) is 3. The molecule has 8 heteroatoms. The molecule has 0 aliphatic rings. The highest BCUT2D eigenvalue weighted by atomic mass is 32.2. The summed E-state index contributed by atoms with van der Waals surface area (Å²) >= 11 is 1.36. The van der Waals surface area contributed by atoms with Crippen molar-refractivity contribution in [3.05, 3.63) is 52.3 Å². The molecule has 25 heavy (non-hydrogen) atoms. The van der Waals surface area contributed by atoms with Crippen molar-refractivity contribution in [2.24, 2.45) is 0 Å². The number of hydrogen-bond donors (Lipinski definition) is 0. The van der Waals surface area contributed by atoms with E-state index in [1.807, 2.05) is 13.8 Å². The molecule has 0 fully saturated rings. The van der Waals surface area contributed by atoms with Gasteiger partial charge >= 0.3 is 5.69 Å². The van der Waals surface area contributed by atoms with Gasteiger partial charge in [0, 0.05) is 13.2 Å². The van der Waals surface area contributed by atoms with Crippen LogP contribution in [0.5, 0.6) is 17.2 Å². The molecule has 0 aliphatic carbocycles. The first kappa shape index (κ1) is 19.0. The molecule has 2 aromatic carbocycles. The molecular weight excluding hydrogens is 349 g/mol. The Bertz CT molecular complexity index is 754. The topological polar surface area (TPSA) is 70.8 Å². The number of benzene rings is 2. The molecule has 0 N–H and O–H groups in total. The Morgan fingerprint density at radius 1 is 1.20 bits per heavy atom. The van der Waals surface area contributed by atoms with E-state index in [0.29, 0.717) is 17.4 Å². The van der Waals surface area contributed by atoms with Crippen molar-refractivity contribution in [1.29, 1.82) is 0 Å². The Morgan fingerprint density at radius 2 is 1.96 bits per heavy atom. The Labute approximate surface area is 149 Å². The molecule has 0 atom stereocenters. The highest BCUT2D eigenvalue weighted by molar-refractivity contribution is 7.99. The molecule has 0 unspecified atom stereocenters. The summed E-state index contributed by atoms with van der Waals surface area (Å²) in [6.45, 7) is 3.78. The van der Waals surface area contributed by atoms with Crippen LogP contribution in [0.1, 0.15) is 13.8 Å². The van der Waals surface area contributed by atoms with E-state index in [4.69, 9.17) is 14.2 Å². The third-order valence-electron chi connectivity index (χ3n) is 2.96. The molecule has 2 rings (SSSR count). The van der Waals surface area contributed by atoms with E-state index in [1.54, 1.807) is 25.3 Å². The summed E-state index contributed by atoms with van der Waals surface area (Å²) in [6, 6.07) is 8.37. The van der Waals surface area contributed by atoms with Crippen molar-refractivity contribution in [3.8, 4) is 17.2 Å². The lowest BCUT2D eigenvalue weighted by Gasteiger charge is -2.15. The van der Waals surface area contributed by atoms with Crippen LogP contribution in [0.2, 0.25) is 0 Å². The summed E-state index contributed by atoms with van der Waals surface area (Å²) in [4.78, 5) is 11.2. The molecule has 6 nitrogen and oxygen atoms in total. The van der Waals surface area contributed by atoms with Crippen LogP contribution in [0.3, 0.4) is 0 Å². The Balaban J connectivity index is 2.40. The third-order valence-corrected chi connectivity index (χ3v) is 3.96. The van der Waals surface area contributed by atoms with Crippen LogP contribution in [-0.4, -0.2) is 24.1 Å². The van der Waals surface area contributed by atoms with E-state index in [0.717, 1.165) is 17.0 Å². The fraction of sp³-hybridized carbons (Fsp3) is 0.294. The van der Waals surface area contributed by atoms with Crippen LogP contribution in [0, 0.1) is 15.9 Å². The number of rotatable bonds is 8. The van der Waals surface area contributed by atoms with Gasteiger partial charge in [-0.25, -0.2) is 4.39 Å². The number of hydrogen-bond acceptors (Lipinski definition) is 6. The van der Waals surface area contributed by atoms with Crippen molar-refractivity contribution < 1.29 is 23.5 Å². The summed E-state index contributed by atoms with van der Waals surface area (Å²) < 4.78 is 29.7. The lowest BCUT2D eigenvalue weighted by Crippen LogP contribution is -2.05. The molecule has 0 radical (unpaired) electrons. The molecular formula is C17H18FNO5S. The van der Waals surface area contributed by atoms with Crippen LogP contribution in [-0.2, 0) is 4.74 Å².